The van der Waals surface area contributed by atoms with Crippen LogP contribution in [0.3, 0.4) is 0 Å². The molecule has 0 amide bonds. The third-order valence-electron chi connectivity index (χ3n) is 11.3. The van der Waals surface area contributed by atoms with E-state index in [0.717, 1.165) is 135 Å². The van der Waals surface area contributed by atoms with Gasteiger partial charge in [0, 0.05) is 19.4 Å². The van der Waals surface area contributed by atoms with Crippen LogP contribution in [0.2, 0.25) is 0 Å². The second kappa shape index (κ2) is 59.1. The molecule has 0 aliphatic rings. The lowest BCUT2D eigenvalue weighted by Gasteiger charge is -2.18. The highest BCUT2D eigenvalue weighted by Gasteiger charge is 2.17. The van der Waals surface area contributed by atoms with E-state index in [1.165, 1.54) is 57.8 Å². The number of allylic oxidation sites excluding steroid dienone is 24. The van der Waals surface area contributed by atoms with Gasteiger partial charge >= 0.3 is 11.9 Å². The molecule has 1 atom stereocenters. The van der Waals surface area contributed by atoms with Gasteiger partial charge in [-0.1, -0.05) is 224 Å². The average molecular weight is 966 g/mol. The van der Waals surface area contributed by atoms with Crippen LogP contribution in [0.25, 0.3) is 0 Å². The van der Waals surface area contributed by atoms with Gasteiger partial charge in [0.2, 0.25) is 0 Å². The van der Waals surface area contributed by atoms with Crippen molar-refractivity contribution in [3.05, 3.63) is 146 Å². The smallest absolute Gasteiger partial charge is 0.306 e. The molecule has 5 heteroatoms. The molecule has 0 spiro atoms. The van der Waals surface area contributed by atoms with E-state index in [-0.39, 0.29) is 25.2 Å². The molecular weight excluding hydrogens is 861 g/mol. The molecule has 0 aromatic heterocycles. The summed E-state index contributed by atoms with van der Waals surface area (Å²) >= 11 is 0. The van der Waals surface area contributed by atoms with E-state index in [2.05, 4.69) is 167 Å². The van der Waals surface area contributed by atoms with E-state index < -0.39 is 6.10 Å². The average Bonchev–Trinajstić information content (AvgIpc) is 3.36. The first-order valence-corrected chi connectivity index (χ1v) is 28.4. The van der Waals surface area contributed by atoms with Gasteiger partial charge < -0.3 is 14.2 Å². The van der Waals surface area contributed by atoms with Crippen molar-refractivity contribution in [2.45, 2.75) is 232 Å². The van der Waals surface area contributed by atoms with Crippen molar-refractivity contribution >= 4 is 11.9 Å². The van der Waals surface area contributed by atoms with Crippen molar-refractivity contribution in [2.75, 3.05) is 19.8 Å². The Balaban J connectivity index is 4.49. The third kappa shape index (κ3) is 56.4. The lowest BCUT2D eigenvalue weighted by Crippen LogP contribution is -2.30. The maximum Gasteiger partial charge on any atom is 0.306 e. The topological polar surface area (TPSA) is 61.8 Å². The Morgan fingerprint density at radius 3 is 1.06 bits per heavy atom. The largest absolute Gasteiger partial charge is 0.462 e. The van der Waals surface area contributed by atoms with Crippen molar-refractivity contribution in [3.63, 3.8) is 0 Å². The molecule has 0 fully saturated rings. The quantitative estimate of drug-likeness (QED) is 0.0345. The molecule has 1 unspecified atom stereocenters. The highest BCUT2D eigenvalue weighted by atomic mass is 16.6. The normalized spacial score (nSPS) is 13.4. The zero-order valence-electron chi connectivity index (χ0n) is 45.2. The van der Waals surface area contributed by atoms with Crippen LogP contribution in [0.1, 0.15) is 226 Å². The summed E-state index contributed by atoms with van der Waals surface area (Å²) in [4.78, 5) is 25.5. The van der Waals surface area contributed by atoms with Gasteiger partial charge in [-0.05, 0) is 135 Å². The number of esters is 2. The van der Waals surface area contributed by atoms with Crippen molar-refractivity contribution in [1.82, 2.24) is 0 Å². The van der Waals surface area contributed by atoms with Gasteiger partial charge in [-0.25, -0.2) is 0 Å². The first-order chi connectivity index (χ1) is 34.6. The minimum absolute atomic E-state index is 0.0319. The minimum Gasteiger partial charge on any atom is -0.462 e. The summed E-state index contributed by atoms with van der Waals surface area (Å²) in [6.07, 6.45) is 85.9. The summed E-state index contributed by atoms with van der Waals surface area (Å²) in [5, 5.41) is 0. The van der Waals surface area contributed by atoms with Gasteiger partial charge in [-0.15, -0.1) is 0 Å². The first-order valence-electron chi connectivity index (χ1n) is 28.4. The fourth-order valence-corrected chi connectivity index (χ4v) is 7.19. The van der Waals surface area contributed by atoms with Gasteiger partial charge in [0.25, 0.3) is 0 Å². The van der Waals surface area contributed by atoms with E-state index in [0.29, 0.717) is 19.4 Å². The van der Waals surface area contributed by atoms with Crippen molar-refractivity contribution in [2.24, 2.45) is 0 Å². The maximum absolute atomic E-state index is 12.8. The molecule has 0 rings (SSSR count). The van der Waals surface area contributed by atoms with Crippen LogP contribution in [-0.2, 0) is 23.8 Å². The number of ether oxygens (including phenoxy) is 3. The van der Waals surface area contributed by atoms with Crippen molar-refractivity contribution < 1.29 is 23.8 Å². The Bertz CT molecular complexity index is 1510. The van der Waals surface area contributed by atoms with Crippen LogP contribution in [0.15, 0.2) is 146 Å². The van der Waals surface area contributed by atoms with Crippen LogP contribution >= 0.6 is 0 Å². The third-order valence-corrected chi connectivity index (χ3v) is 11.3. The molecule has 0 aliphatic carbocycles. The van der Waals surface area contributed by atoms with E-state index in [1.54, 1.807) is 0 Å². The molecule has 0 N–H and O–H groups in total. The molecule has 70 heavy (non-hydrogen) atoms. The summed E-state index contributed by atoms with van der Waals surface area (Å²) in [5.74, 6) is -0.485. The monoisotopic (exact) mass is 965 g/mol. The number of rotatable bonds is 50. The number of carbonyl (C=O) groups excluding carboxylic acids is 2. The number of hydrogen-bond acceptors (Lipinski definition) is 5. The summed E-state index contributed by atoms with van der Waals surface area (Å²) < 4.78 is 17.4. The van der Waals surface area contributed by atoms with E-state index in [4.69, 9.17) is 14.2 Å². The zero-order chi connectivity index (χ0) is 50.6. The summed E-state index contributed by atoms with van der Waals surface area (Å²) in [5.41, 5.74) is 0. The van der Waals surface area contributed by atoms with Gasteiger partial charge in [0.15, 0.2) is 6.10 Å². The lowest BCUT2D eigenvalue weighted by atomic mass is 10.1. The fourth-order valence-electron chi connectivity index (χ4n) is 7.19. The van der Waals surface area contributed by atoms with E-state index >= 15 is 0 Å². The molecule has 0 aromatic carbocycles. The second-order valence-electron chi connectivity index (χ2n) is 18.1. The zero-order valence-corrected chi connectivity index (χ0v) is 45.2. The molecule has 0 saturated heterocycles. The van der Waals surface area contributed by atoms with Crippen LogP contribution in [0.5, 0.6) is 0 Å². The molecule has 0 saturated carbocycles. The van der Waals surface area contributed by atoms with Crippen LogP contribution in [0, 0.1) is 0 Å². The predicted octanol–water partition coefficient (Wildman–Crippen LogP) is 19.7. The molecule has 0 aliphatic heterocycles. The van der Waals surface area contributed by atoms with Gasteiger partial charge in [-0.3, -0.25) is 9.59 Å². The van der Waals surface area contributed by atoms with E-state index in [9.17, 15) is 9.59 Å². The second-order valence-corrected chi connectivity index (χ2v) is 18.1. The van der Waals surface area contributed by atoms with Crippen molar-refractivity contribution in [1.29, 1.82) is 0 Å². The molecule has 5 nitrogen and oxygen atoms in total. The van der Waals surface area contributed by atoms with Crippen LogP contribution in [0.4, 0.5) is 0 Å². The number of carbonyl (C=O) groups is 2. The molecular formula is C65H104O5. The van der Waals surface area contributed by atoms with Gasteiger partial charge in [-0.2, -0.15) is 0 Å². The molecule has 0 bridgehead atoms. The Hall–Kier alpha value is -4.22. The van der Waals surface area contributed by atoms with Gasteiger partial charge in [0.1, 0.15) is 6.61 Å². The maximum atomic E-state index is 12.8. The number of unbranched alkanes of at least 4 members (excludes halogenated alkanes) is 15. The Morgan fingerprint density at radius 1 is 0.329 bits per heavy atom. The van der Waals surface area contributed by atoms with Crippen molar-refractivity contribution in [3.8, 4) is 0 Å². The predicted molar refractivity (Wildman–Crippen MR) is 306 cm³/mol. The summed E-state index contributed by atoms with van der Waals surface area (Å²) in [6, 6.07) is 0. The molecule has 0 heterocycles. The first kappa shape index (κ1) is 65.8. The minimum atomic E-state index is -0.596. The van der Waals surface area contributed by atoms with E-state index in [1.807, 2.05) is 0 Å². The fraction of sp³-hybridized carbons (Fsp3) is 0.600. The van der Waals surface area contributed by atoms with Crippen LogP contribution in [-0.4, -0.2) is 37.9 Å². The SMILES string of the molecule is CC/C=C\C/C=C\C/C=C\C/C=C\C/C=C\C/C=C\CCCOCC(COC(=O)CCCCC/C=C\C/C=C\C/C=C\C/C=C\C/C=C\CC)OC(=O)CCCCCCC/C=C\CCCCCCCC. The standard InChI is InChI=1S/C65H104O5/c1-4-7-10-13-16-19-22-25-28-30-32-34-36-39-42-45-48-51-54-57-60-68-61-63(70-65(67)59-56-53-50-47-44-41-37-27-24-21-18-15-12-9-6-3)62-69-64(66)58-55-52-49-46-43-40-38-35-33-31-29-26-23-20-17-14-11-8-5-2/h7-8,10-11,16-17,19-20,25-29,32-35,37,39-40,42-43,48,51,63H,4-6,9,12-15,18,21-24,30-31,36,38,41,44-47,49-50,52-62H2,1-3H3/b10-7-,11-8-,19-16-,20-17-,28-25-,29-26-,34-32-,35-33-,37-27-,42-39-,43-40-,51-48-. The lowest BCUT2D eigenvalue weighted by molar-refractivity contribution is -0.163. The Labute approximate surface area is 431 Å². The highest BCUT2D eigenvalue weighted by Crippen LogP contribution is 2.12. The molecule has 0 aromatic rings. The molecule has 0 radical (unpaired) electrons. The summed E-state index contributed by atoms with van der Waals surface area (Å²) in [7, 11) is 0. The number of hydrogen-bond donors (Lipinski definition) is 0. The Kier molecular flexibility index (Phi) is 55.5. The summed E-state index contributed by atoms with van der Waals surface area (Å²) in [6.45, 7) is 7.39. The highest BCUT2D eigenvalue weighted by molar-refractivity contribution is 5.70. The Morgan fingerprint density at radius 2 is 0.643 bits per heavy atom. The van der Waals surface area contributed by atoms with Crippen LogP contribution < -0.4 is 0 Å². The molecule has 394 valence electrons. The van der Waals surface area contributed by atoms with Gasteiger partial charge in [0.05, 0.1) is 6.61 Å².